The van der Waals surface area contributed by atoms with Crippen LogP contribution in [-0.4, -0.2) is 41.7 Å². The lowest BCUT2D eigenvalue weighted by Gasteiger charge is -2.09. The maximum Gasteiger partial charge on any atom is 0.338 e. The number of carbonyl (C=O) groups is 2. The molecule has 0 saturated heterocycles. The number of ether oxygens (including phenoxy) is 2. The van der Waals surface area contributed by atoms with Crippen LogP contribution in [0.3, 0.4) is 0 Å². The van der Waals surface area contributed by atoms with E-state index < -0.39 is 5.97 Å². The van der Waals surface area contributed by atoms with E-state index >= 15 is 0 Å². The van der Waals surface area contributed by atoms with E-state index in [1.807, 2.05) is 18.4 Å². The van der Waals surface area contributed by atoms with Gasteiger partial charge in [0.1, 0.15) is 0 Å². The van der Waals surface area contributed by atoms with Crippen molar-refractivity contribution in [3.63, 3.8) is 0 Å². The number of benzene rings is 1. The number of aliphatic hydroxyl groups is 1. The van der Waals surface area contributed by atoms with Crippen LogP contribution >= 0.6 is 0 Å². The molecule has 0 aliphatic rings. The van der Waals surface area contributed by atoms with Crippen molar-refractivity contribution >= 4 is 11.8 Å². The number of esters is 1. The van der Waals surface area contributed by atoms with Crippen LogP contribution in [0.15, 0.2) is 30.3 Å². The molecule has 1 aromatic carbocycles. The van der Waals surface area contributed by atoms with Gasteiger partial charge in [0.2, 0.25) is 5.78 Å². The number of Topliss-reactive ketones (excluding diaryl/α,β-unsaturated/α-hetero) is 1. The van der Waals surface area contributed by atoms with Gasteiger partial charge in [0, 0.05) is 30.6 Å². The van der Waals surface area contributed by atoms with E-state index in [0.29, 0.717) is 29.8 Å². The van der Waals surface area contributed by atoms with E-state index in [0.717, 1.165) is 11.4 Å². The first-order valence-corrected chi connectivity index (χ1v) is 8.03. The predicted octanol–water partition coefficient (Wildman–Crippen LogP) is 2.28. The van der Waals surface area contributed by atoms with Crippen molar-refractivity contribution < 1.29 is 24.2 Å². The van der Waals surface area contributed by atoms with E-state index in [9.17, 15) is 9.59 Å². The van der Waals surface area contributed by atoms with Gasteiger partial charge in [-0.2, -0.15) is 0 Å². The fourth-order valence-electron chi connectivity index (χ4n) is 2.65. The molecule has 0 aliphatic heterocycles. The minimum absolute atomic E-state index is 0.0908. The lowest BCUT2D eigenvalue weighted by molar-refractivity contribution is 0.0474. The van der Waals surface area contributed by atoms with Gasteiger partial charge in [0.05, 0.1) is 18.8 Å². The second kappa shape index (κ2) is 8.60. The Labute approximate surface area is 147 Å². The second-order valence-corrected chi connectivity index (χ2v) is 5.78. The number of aliphatic hydroxyl groups excluding tert-OH is 1. The number of aromatic nitrogens is 1. The summed E-state index contributed by atoms with van der Waals surface area (Å²) in [7, 11) is 1.63. The van der Waals surface area contributed by atoms with Crippen molar-refractivity contribution in [2.75, 3.05) is 20.3 Å². The topological polar surface area (TPSA) is 77.8 Å². The van der Waals surface area contributed by atoms with E-state index in [4.69, 9.17) is 14.6 Å². The number of ketones is 1. The molecule has 0 atom stereocenters. The van der Waals surface area contributed by atoms with E-state index in [-0.39, 0.29) is 19.0 Å². The molecule has 0 unspecified atom stereocenters. The summed E-state index contributed by atoms with van der Waals surface area (Å²) < 4.78 is 12.2. The summed E-state index contributed by atoms with van der Waals surface area (Å²) in [5, 5.41) is 9.00. The molecule has 0 amide bonds. The Morgan fingerprint density at radius 3 is 2.44 bits per heavy atom. The highest BCUT2D eigenvalue weighted by Crippen LogP contribution is 2.16. The monoisotopic (exact) mass is 345 g/mol. The van der Waals surface area contributed by atoms with E-state index in [1.54, 1.807) is 37.4 Å². The van der Waals surface area contributed by atoms with Crippen LogP contribution in [-0.2, 0) is 22.6 Å². The smallest absolute Gasteiger partial charge is 0.338 e. The molecular formula is C19H23NO5. The SMILES string of the molecule is COCCn1c(C)cc(C(=O)COC(=O)c2ccc(CO)cc2)c1C. The van der Waals surface area contributed by atoms with Gasteiger partial charge in [-0.05, 0) is 37.6 Å². The Morgan fingerprint density at radius 1 is 1.16 bits per heavy atom. The van der Waals surface area contributed by atoms with Gasteiger partial charge >= 0.3 is 5.97 Å². The summed E-state index contributed by atoms with van der Waals surface area (Å²) in [5.74, 6) is -0.803. The molecule has 1 N–H and O–H groups in total. The first kappa shape index (κ1) is 18.9. The van der Waals surface area contributed by atoms with E-state index in [1.165, 1.54) is 0 Å². The van der Waals surface area contributed by atoms with Crippen molar-refractivity contribution in [1.29, 1.82) is 0 Å². The highest BCUT2D eigenvalue weighted by molar-refractivity contribution is 6.00. The minimum atomic E-state index is -0.564. The molecule has 134 valence electrons. The number of aryl methyl sites for hydroxylation is 1. The number of rotatable bonds is 8. The van der Waals surface area contributed by atoms with Crippen molar-refractivity contribution in [2.24, 2.45) is 0 Å². The molecule has 6 heteroatoms. The summed E-state index contributed by atoms with van der Waals surface area (Å²) in [4.78, 5) is 24.4. The maximum atomic E-state index is 12.4. The van der Waals surface area contributed by atoms with Crippen molar-refractivity contribution in [3.05, 3.63) is 58.4 Å². The molecule has 0 spiro atoms. The minimum Gasteiger partial charge on any atom is -0.454 e. The van der Waals surface area contributed by atoms with Gasteiger partial charge in [-0.1, -0.05) is 12.1 Å². The zero-order valence-electron chi connectivity index (χ0n) is 14.7. The quantitative estimate of drug-likeness (QED) is 0.587. The fourth-order valence-corrected chi connectivity index (χ4v) is 2.65. The molecule has 0 bridgehead atoms. The highest BCUT2D eigenvalue weighted by Gasteiger charge is 2.17. The van der Waals surface area contributed by atoms with Gasteiger partial charge < -0.3 is 19.1 Å². The molecule has 2 rings (SSSR count). The first-order valence-electron chi connectivity index (χ1n) is 8.03. The van der Waals surface area contributed by atoms with Crippen LogP contribution in [0.4, 0.5) is 0 Å². The predicted molar refractivity (Wildman–Crippen MR) is 92.8 cm³/mol. The molecule has 2 aromatic rings. The van der Waals surface area contributed by atoms with Crippen LogP contribution in [0.5, 0.6) is 0 Å². The zero-order chi connectivity index (χ0) is 18.4. The number of hydrogen-bond donors (Lipinski definition) is 1. The zero-order valence-corrected chi connectivity index (χ0v) is 14.7. The Kier molecular flexibility index (Phi) is 6.50. The summed E-state index contributed by atoms with van der Waals surface area (Å²) >= 11 is 0. The fraction of sp³-hybridized carbons (Fsp3) is 0.368. The molecule has 0 saturated carbocycles. The van der Waals surface area contributed by atoms with Crippen molar-refractivity contribution in [2.45, 2.75) is 27.0 Å². The number of carbonyl (C=O) groups excluding carboxylic acids is 2. The lowest BCUT2D eigenvalue weighted by atomic mass is 10.1. The van der Waals surface area contributed by atoms with Crippen LogP contribution < -0.4 is 0 Å². The summed E-state index contributed by atoms with van der Waals surface area (Å²) in [6.45, 7) is 4.61. The molecule has 1 aromatic heterocycles. The molecule has 0 aliphatic carbocycles. The van der Waals surface area contributed by atoms with Gasteiger partial charge in [-0.3, -0.25) is 4.79 Å². The summed E-state index contributed by atoms with van der Waals surface area (Å²) in [6, 6.07) is 8.21. The van der Waals surface area contributed by atoms with Gasteiger partial charge in [0.15, 0.2) is 6.61 Å². The third-order valence-corrected chi connectivity index (χ3v) is 4.10. The highest BCUT2D eigenvalue weighted by atomic mass is 16.5. The maximum absolute atomic E-state index is 12.4. The Morgan fingerprint density at radius 2 is 1.84 bits per heavy atom. The Balaban J connectivity index is 2.01. The van der Waals surface area contributed by atoms with Crippen LogP contribution in [0.2, 0.25) is 0 Å². The van der Waals surface area contributed by atoms with E-state index in [2.05, 4.69) is 0 Å². The average Bonchev–Trinajstić information content (AvgIpc) is 2.91. The van der Waals surface area contributed by atoms with Crippen molar-refractivity contribution in [1.82, 2.24) is 4.57 Å². The van der Waals surface area contributed by atoms with Gasteiger partial charge in [-0.25, -0.2) is 4.79 Å². The molecule has 1 heterocycles. The van der Waals surface area contributed by atoms with Gasteiger partial charge in [-0.15, -0.1) is 0 Å². The van der Waals surface area contributed by atoms with Gasteiger partial charge in [0.25, 0.3) is 0 Å². The Bertz CT molecular complexity index is 746. The number of hydrogen-bond acceptors (Lipinski definition) is 5. The summed E-state index contributed by atoms with van der Waals surface area (Å²) in [6.07, 6.45) is 0. The number of nitrogens with zero attached hydrogens (tertiary/aromatic N) is 1. The standard InChI is InChI=1S/C19H23NO5/c1-13-10-17(14(2)20(13)8-9-24-3)18(22)12-25-19(23)16-6-4-15(11-21)5-7-16/h4-7,10,21H,8-9,11-12H2,1-3H3. The van der Waals surface area contributed by atoms with Crippen LogP contribution in [0, 0.1) is 13.8 Å². The molecule has 0 fully saturated rings. The van der Waals surface area contributed by atoms with Crippen LogP contribution in [0.25, 0.3) is 0 Å². The molecule has 0 radical (unpaired) electrons. The molecular weight excluding hydrogens is 322 g/mol. The normalized spacial score (nSPS) is 10.7. The van der Waals surface area contributed by atoms with Crippen molar-refractivity contribution in [3.8, 4) is 0 Å². The lowest BCUT2D eigenvalue weighted by Crippen LogP contribution is -2.15. The molecule has 6 nitrogen and oxygen atoms in total. The van der Waals surface area contributed by atoms with Crippen LogP contribution in [0.1, 0.15) is 37.7 Å². The molecule has 25 heavy (non-hydrogen) atoms. The first-order chi connectivity index (χ1) is 12.0. The summed E-state index contributed by atoms with van der Waals surface area (Å²) in [5.41, 5.74) is 3.40. The Hall–Kier alpha value is -2.44. The third kappa shape index (κ3) is 4.55. The third-order valence-electron chi connectivity index (χ3n) is 4.10. The average molecular weight is 345 g/mol. The number of methoxy groups -OCH3 is 1. The largest absolute Gasteiger partial charge is 0.454 e. The second-order valence-electron chi connectivity index (χ2n) is 5.78.